The van der Waals surface area contributed by atoms with Crippen LogP contribution in [0.25, 0.3) is 0 Å². The molecule has 11 heavy (non-hydrogen) atoms. The molecule has 62 valence electrons. The number of hydrogen-bond donors (Lipinski definition) is 2. The monoisotopic (exact) mass is 173 g/mol. The molecule has 1 rings (SSSR count). The summed E-state index contributed by atoms with van der Waals surface area (Å²) in [4.78, 5) is 0.970. The molecule has 0 bridgehead atoms. The van der Waals surface area contributed by atoms with Gasteiger partial charge in [0.05, 0.1) is 6.04 Å². The number of rotatable bonds is 3. The predicted octanol–water partition coefficient (Wildman–Crippen LogP) is 2.28. The fourth-order valence-electron chi connectivity index (χ4n) is 0.959. The Balaban J connectivity index is 2.71. The van der Waals surface area contributed by atoms with Crippen molar-refractivity contribution in [3.63, 3.8) is 0 Å². The van der Waals surface area contributed by atoms with Crippen LogP contribution in [0.1, 0.15) is 24.3 Å². The van der Waals surface area contributed by atoms with Crippen LogP contribution in [0.5, 0.6) is 0 Å². The van der Waals surface area contributed by atoms with Crippen molar-refractivity contribution in [2.75, 3.05) is 0 Å². The molecule has 4 heteroatoms. The fourth-order valence-corrected chi connectivity index (χ4v) is 1.85. The van der Waals surface area contributed by atoms with Crippen molar-refractivity contribution >= 4 is 11.3 Å². The van der Waals surface area contributed by atoms with E-state index in [9.17, 15) is 0 Å². The SMILES string of the molecule is CCC(c1cccs1)N(O)O. The van der Waals surface area contributed by atoms with E-state index >= 15 is 0 Å². The van der Waals surface area contributed by atoms with E-state index in [4.69, 9.17) is 10.4 Å². The van der Waals surface area contributed by atoms with Crippen molar-refractivity contribution in [1.82, 2.24) is 5.23 Å². The Bertz CT molecular complexity index is 198. The Morgan fingerprint density at radius 3 is 2.73 bits per heavy atom. The van der Waals surface area contributed by atoms with Crippen molar-refractivity contribution in [2.24, 2.45) is 0 Å². The van der Waals surface area contributed by atoms with E-state index in [1.54, 1.807) is 0 Å². The van der Waals surface area contributed by atoms with Gasteiger partial charge in [-0.3, -0.25) is 10.4 Å². The minimum Gasteiger partial charge on any atom is -0.289 e. The van der Waals surface area contributed by atoms with Crippen molar-refractivity contribution in [1.29, 1.82) is 0 Å². The molecule has 0 aliphatic rings. The lowest BCUT2D eigenvalue weighted by atomic mass is 10.2. The minimum absolute atomic E-state index is 0.270. The van der Waals surface area contributed by atoms with E-state index in [0.717, 1.165) is 4.88 Å². The van der Waals surface area contributed by atoms with Gasteiger partial charge in [-0.1, -0.05) is 18.2 Å². The minimum atomic E-state index is -0.282. The number of hydrogen-bond acceptors (Lipinski definition) is 4. The van der Waals surface area contributed by atoms with Crippen LogP contribution in [0, 0.1) is 0 Å². The predicted molar refractivity (Wildman–Crippen MR) is 42.8 cm³/mol. The maximum absolute atomic E-state index is 8.78. The average Bonchev–Trinajstić information content (AvgIpc) is 2.40. The fraction of sp³-hybridized carbons (Fsp3) is 0.429. The molecule has 0 saturated carbocycles. The lowest BCUT2D eigenvalue weighted by molar-refractivity contribution is -0.334. The molecule has 1 unspecified atom stereocenters. The zero-order chi connectivity index (χ0) is 8.27. The van der Waals surface area contributed by atoms with E-state index in [2.05, 4.69) is 0 Å². The summed E-state index contributed by atoms with van der Waals surface area (Å²) in [5.41, 5.74) is 0. The molecule has 0 radical (unpaired) electrons. The number of nitrogens with zero attached hydrogens (tertiary/aromatic N) is 1. The molecule has 3 nitrogen and oxygen atoms in total. The summed E-state index contributed by atoms with van der Waals surface area (Å²) in [6.45, 7) is 1.91. The highest BCUT2D eigenvalue weighted by molar-refractivity contribution is 7.10. The summed E-state index contributed by atoms with van der Waals surface area (Å²) in [5.74, 6) is 0. The second-order valence-electron chi connectivity index (χ2n) is 2.26. The van der Waals surface area contributed by atoms with Gasteiger partial charge < -0.3 is 0 Å². The van der Waals surface area contributed by atoms with Crippen LogP contribution >= 0.6 is 11.3 Å². The van der Waals surface area contributed by atoms with Crippen LogP contribution in [-0.4, -0.2) is 15.6 Å². The van der Waals surface area contributed by atoms with E-state index in [1.165, 1.54) is 11.3 Å². The van der Waals surface area contributed by atoms with Crippen LogP contribution < -0.4 is 0 Å². The first-order valence-corrected chi connectivity index (χ1v) is 4.34. The standard InChI is InChI=1S/C7H11NO2S/c1-2-6(8(9)10)7-4-3-5-11-7/h3-6,9-10H,2H2,1H3. The molecule has 1 atom stereocenters. The normalized spacial score (nSPS) is 13.8. The summed E-state index contributed by atoms with van der Waals surface area (Å²) in [7, 11) is 0. The van der Waals surface area contributed by atoms with Gasteiger partial charge in [0.15, 0.2) is 0 Å². The van der Waals surface area contributed by atoms with Crippen molar-refractivity contribution < 1.29 is 10.4 Å². The molecule has 1 aromatic rings. The molecule has 1 aromatic heterocycles. The summed E-state index contributed by atoms with van der Waals surface area (Å²) in [6.07, 6.45) is 0.688. The van der Waals surface area contributed by atoms with Gasteiger partial charge >= 0.3 is 0 Å². The molecule has 0 fully saturated rings. The zero-order valence-electron chi connectivity index (χ0n) is 6.27. The summed E-state index contributed by atoms with van der Waals surface area (Å²) in [6, 6.07) is 3.50. The van der Waals surface area contributed by atoms with Gasteiger partial charge in [0.25, 0.3) is 0 Å². The molecule has 1 heterocycles. The van der Waals surface area contributed by atoms with E-state index < -0.39 is 0 Å². The zero-order valence-corrected chi connectivity index (χ0v) is 7.08. The molecule has 2 N–H and O–H groups in total. The van der Waals surface area contributed by atoms with Gasteiger partial charge in [-0.15, -0.1) is 11.3 Å². The Morgan fingerprint density at radius 1 is 1.64 bits per heavy atom. The molecular formula is C7H11NO2S. The van der Waals surface area contributed by atoms with Gasteiger partial charge in [-0.2, -0.15) is 0 Å². The molecule has 0 amide bonds. The van der Waals surface area contributed by atoms with Crippen LogP contribution in [0.15, 0.2) is 17.5 Å². The van der Waals surface area contributed by atoms with Gasteiger partial charge in [0, 0.05) is 4.88 Å². The van der Waals surface area contributed by atoms with Gasteiger partial charge in [0.2, 0.25) is 0 Å². The first-order valence-electron chi connectivity index (χ1n) is 3.46. The number of hydroxylamine groups is 2. The Morgan fingerprint density at radius 2 is 2.36 bits per heavy atom. The largest absolute Gasteiger partial charge is 0.289 e. The van der Waals surface area contributed by atoms with Gasteiger partial charge in [0.1, 0.15) is 0 Å². The Hall–Kier alpha value is -0.420. The quantitative estimate of drug-likeness (QED) is 0.689. The lowest BCUT2D eigenvalue weighted by Gasteiger charge is -2.16. The molecule has 0 aliphatic carbocycles. The lowest BCUT2D eigenvalue weighted by Crippen LogP contribution is -2.19. The summed E-state index contributed by atoms with van der Waals surface area (Å²) < 4.78 is 0. The highest BCUT2D eigenvalue weighted by atomic mass is 32.1. The van der Waals surface area contributed by atoms with Crippen molar-refractivity contribution in [2.45, 2.75) is 19.4 Å². The Kier molecular flexibility index (Phi) is 3.02. The first kappa shape index (κ1) is 8.67. The highest BCUT2D eigenvalue weighted by Crippen LogP contribution is 2.25. The second-order valence-corrected chi connectivity index (χ2v) is 3.24. The van der Waals surface area contributed by atoms with E-state index in [-0.39, 0.29) is 11.3 Å². The van der Waals surface area contributed by atoms with Crippen LogP contribution in [0.4, 0.5) is 0 Å². The maximum atomic E-state index is 8.78. The summed E-state index contributed by atoms with van der Waals surface area (Å²) >= 11 is 1.52. The van der Waals surface area contributed by atoms with Crippen molar-refractivity contribution in [3.05, 3.63) is 22.4 Å². The molecule has 0 aliphatic heterocycles. The van der Waals surface area contributed by atoms with Gasteiger partial charge in [-0.25, -0.2) is 0 Å². The summed E-state index contributed by atoms with van der Waals surface area (Å²) in [5, 5.41) is 19.7. The van der Waals surface area contributed by atoms with Crippen LogP contribution in [0.3, 0.4) is 0 Å². The maximum Gasteiger partial charge on any atom is 0.0962 e. The molecule has 0 spiro atoms. The third-order valence-electron chi connectivity index (χ3n) is 1.54. The molecule has 0 saturated heterocycles. The average molecular weight is 173 g/mol. The second kappa shape index (κ2) is 3.82. The third-order valence-corrected chi connectivity index (χ3v) is 2.51. The van der Waals surface area contributed by atoms with Crippen LogP contribution in [-0.2, 0) is 0 Å². The molecular weight excluding hydrogens is 162 g/mol. The number of thiophene rings is 1. The smallest absolute Gasteiger partial charge is 0.0962 e. The highest BCUT2D eigenvalue weighted by Gasteiger charge is 2.15. The van der Waals surface area contributed by atoms with Crippen LogP contribution in [0.2, 0.25) is 0 Å². The van der Waals surface area contributed by atoms with Gasteiger partial charge in [-0.05, 0) is 17.9 Å². The van der Waals surface area contributed by atoms with Crippen molar-refractivity contribution in [3.8, 4) is 0 Å². The van der Waals surface area contributed by atoms with E-state index in [1.807, 2.05) is 24.4 Å². The molecule has 0 aromatic carbocycles. The third kappa shape index (κ3) is 2.00. The Labute approximate surface area is 69.4 Å². The first-order chi connectivity index (χ1) is 5.25. The topological polar surface area (TPSA) is 43.7 Å². The van der Waals surface area contributed by atoms with E-state index in [0.29, 0.717) is 6.42 Å².